The molecular formula is C27H33N3O4. The topological polar surface area (TPSA) is 101 Å². The highest BCUT2D eigenvalue weighted by Gasteiger charge is 2.20. The van der Waals surface area contributed by atoms with Gasteiger partial charge in [0.25, 0.3) is 0 Å². The van der Waals surface area contributed by atoms with Crippen molar-refractivity contribution in [3.05, 3.63) is 64.8 Å². The van der Waals surface area contributed by atoms with Gasteiger partial charge in [0, 0.05) is 18.1 Å². The lowest BCUT2D eigenvalue weighted by Gasteiger charge is -2.15. The highest BCUT2D eigenvalue weighted by molar-refractivity contribution is 6.08. The van der Waals surface area contributed by atoms with E-state index in [9.17, 15) is 14.7 Å². The number of amides is 2. The van der Waals surface area contributed by atoms with Crippen LogP contribution in [0.4, 0.5) is 10.5 Å². The van der Waals surface area contributed by atoms with Gasteiger partial charge in [-0.3, -0.25) is 4.98 Å². The van der Waals surface area contributed by atoms with E-state index in [4.69, 9.17) is 4.74 Å². The summed E-state index contributed by atoms with van der Waals surface area (Å²) in [7, 11) is 1.23. The second-order valence-corrected chi connectivity index (χ2v) is 9.37. The van der Waals surface area contributed by atoms with E-state index in [1.54, 1.807) is 6.20 Å². The molecule has 0 radical (unpaired) electrons. The van der Waals surface area contributed by atoms with Gasteiger partial charge >= 0.3 is 12.0 Å². The smallest absolute Gasteiger partial charge is 0.341 e. The average molecular weight is 464 g/mol. The van der Waals surface area contributed by atoms with Crippen LogP contribution >= 0.6 is 0 Å². The normalized spacial score (nSPS) is 11.1. The Bertz CT molecular complexity index is 1170. The molecule has 34 heavy (non-hydrogen) atoms. The van der Waals surface area contributed by atoms with Crippen molar-refractivity contribution in [3.63, 3.8) is 0 Å². The Labute approximate surface area is 200 Å². The van der Waals surface area contributed by atoms with Gasteiger partial charge in [0.1, 0.15) is 11.1 Å². The molecule has 3 N–H and O–H groups in total. The number of aromatic nitrogens is 1. The number of urea groups is 1. The SMILES string of the molecule is COC(=O)c1cc(NC(=O)NCC(C)C)c2cc(Cc3ccc(CC(C)C)cc3)cnc2c1O. The van der Waals surface area contributed by atoms with Crippen LogP contribution in [0.2, 0.25) is 0 Å². The minimum Gasteiger partial charge on any atom is -0.505 e. The van der Waals surface area contributed by atoms with E-state index in [1.807, 2.05) is 19.9 Å². The van der Waals surface area contributed by atoms with Crippen molar-refractivity contribution in [2.75, 3.05) is 19.0 Å². The second-order valence-electron chi connectivity index (χ2n) is 9.37. The number of hydrogen-bond donors (Lipinski definition) is 3. The fourth-order valence-corrected chi connectivity index (χ4v) is 3.75. The zero-order valence-corrected chi connectivity index (χ0v) is 20.4. The lowest BCUT2D eigenvalue weighted by Crippen LogP contribution is -2.31. The molecule has 1 heterocycles. The van der Waals surface area contributed by atoms with E-state index in [0.717, 1.165) is 17.5 Å². The Morgan fingerprint density at radius 1 is 1.00 bits per heavy atom. The maximum absolute atomic E-state index is 12.5. The molecule has 0 aliphatic heterocycles. The number of pyridine rings is 1. The van der Waals surface area contributed by atoms with Crippen LogP contribution in [0.5, 0.6) is 5.75 Å². The summed E-state index contributed by atoms with van der Waals surface area (Å²) in [4.78, 5) is 29.1. The van der Waals surface area contributed by atoms with Gasteiger partial charge in [-0.25, -0.2) is 9.59 Å². The number of carbonyl (C=O) groups excluding carboxylic acids is 2. The van der Waals surface area contributed by atoms with Gasteiger partial charge in [-0.15, -0.1) is 0 Å². The van der Waals surface area contributed by atoms with E-state index in [-0.39, 0.29) is 22.7 Å². The highest BCUT2D eigenvalue weighted by atomic mass is 16.5. The number of aromatic hydroxyl groups is 1. The monoisotopic (exact) mass is 463 g/mol. The van der Waals surface area contributed by atoms with Gasteiger partial charge in [-0.05, 0) is 53.5 Å². The zero-order valence-electron chi connectivity index (χ0n) is 20.4. The second kappa shape index (κ2) is 11.0. The van der Waals surface area contributed by atoms with Crippen LogP contribution in [0.15, 0.2) is 42.6 Å². The van der Waals surface area contributed by atoms with E-state index in [1.165, 1.54) is 18.7 Å². The molecule has 0 saturated heterocycles. The third-order valence-electron chi connectivity index (χ3n) is 5.40. The number of anilines is 1. The fourth-order valence-electron chi connectivity index (χ4n) is 3.75. The first-order valence-electron chi connectivity index (χ1n) is 11.5. The maximum atomic E-state index is 12.5. The van der Waals surface area contributed by atoms with Crippen LogP contribution in [-0.2, 0) is 17.6 Å². The Morgan fingerprint density at radius 3 is 2.29 bits per heavy atom. The standard InChI is InChI=1S/C27H33N3O4/c1-16(2)10-18-6-8-19(9-7-18)11-20-12-21-23(30-27(33)29-14-17(3)4)13-22(26(32)34-5)25(31)24(21)28-15-20/h6-9,12-13,15-17,31H,10-11,14H2,1-5H3,(H2,29,30,33). The number of carbonyl (C=O) groups is 2. The number of rotatable bonds is 8. The number of esters is 1. The molecular weight excluding hydrogens is 430 g/mol. The van der Waals surface area contributed by atoms with Gasteiger partial charge in [-0.2, -0.15) is 0 Å². The first-order chi connectivity index (χ1) is 16.2. The molecule has 0 spiro atoms. The number of phenolic OH excluding ortho intramolecular Hbond substituents is 1. The Balaban J connectivity index is 1.96. The predicted molar refractivity (Wildman–Crippen MR) is 134 cm³/mol. The van der Waals surface area contributed by atoms with Crippen molar-refractivity contribution in [2.24, 2.45) is 11.8 Å². The van der Waals surface area contributed by atoms with E-state index in [0.29, 0.717) is 30.0 Å². The third-order valence-corrected chi connectivity index (χ3v) is 5.40. The molecule has 0 fully saturated rings. The lowest BCUT2D eigenvalue weighted by molar-refractivity contribution is 0.0597. The molecule has 3 aromatic rings. The quantitative estimate of drug-likeness (QED) is 0.311. The van der Waals surface area contributed by atoms with Crippen molar-refractivity contribution in [2.45, 2.75) is 40.5 Å². The number of benzene rings is 2. The van der Waals surface area contributed by atoms with Crippen molar-refractivity contribution < 1.29 is 19.4 Å². The first kappa shape index (κ1) is 25.0. The largest absolute Gasteiger partial charge is 0.505 e. The minimum absolute atomic E-state index is 0.0600. The molecule has 3 rings (SSSR count). The lowest BCUT2D eigenvalue weighted by atomic mass is 9.98. The number of hydrogen-bond acceptors (Lipinski definition) is 5. The van der Waals surface area contributed by atoms with Gasteiger partial charge < -0.3 is 20.5 Å². The summed E-state index contributed by atoms with van der Waals surface area (Å²) < 4.78 is 4.79. The summed E-state index contributed by atoms with van der Waals surface area (Å²) in [5.41, 5.74) is 3.88. The number of ether oxygens (including phenoxy) is 1. The molecule has 0 unspecified atom stereocenters. The molecule has 2 amide bonds. The average Bonchev–Trinajstić information content (AvgIpc) is 2.80. The molecule has 0 aliphatic rings. The van der Waals surface area contributed by atoms with Crippen molar-refractivity contribution in [1.29, 1.82) is 0 Å². The van der Waals surface area contributed by atoms with Crippen LogP contribution < -0.4 is 10.6 Å². The fraction of sp³-hybridized carbons (Fsp3) is 0.370. The molecule has 180 valence electrons. The molecule has 2 aromatic carbocycles. The van der Waals surface area contributed by atoms with Gasteiger partial charge in [-0.1, -0.05) is 52.0 Å². The predicted octanol–water partition coefficient (Wildman–Crippen LogP) is 5.29. The Kier molecular flexibility index (Phi) is 8.10. The highest BCUT2D eigenvalue weighted by Crippen LogP contribution is 2.34. The van der Waals surface area contributed by atoms with Crippen LogP contribution in [0.25, 0.3) is 10.9 Å². The van der Waals surface area contributed by atoms with Crippen molar-refractivity contribution in [3.8, 4) is 5.75 Å². The zero-order chi connectivity index (χ0) is 24.8. The molecule has 0 saturated carbocycles. The Hall–Kier alpha value is -3.61. The van der Waals surface area contributed by atoms with Crippen LogP contribution in [0, 0.1) is 11.8 Å². The van der Waals surface area contributed by atoms with Gasteiger partial charge in [0.2, 0.25) is 0 Å². The number of fused-ring (bicyclic) bond motifs is 1. The maximum Gasteiger partial charge on any atom is 0.341 e. The summed E-state index contributed by atoms with van der Waals surface area (Å²) >= 11 is 0. The summed E-state index contributed by atoms with van der Waals surface area (Å²) in [6.45, 7) is 8.89. The van der Waals surface area contributed by atoms with Gasteiger partial charge in [0.15, 0.2) is 5.75 Å². The summed E-state index contributed by atoms with van der Waals surface area (Å²) in [5.74, 6) is -0.105. The molecule has 7 heteroatoms. The van der Waals surface area contributed by atoms with Crippen LogP contribution in [-0.4, -0.2) is 35.7 Å². The number of nitrogens with zero attached hydrogens (tertiary/aromatic N) is 1. The minimum atomic E-state index is -0.711. The molecule has 0 atom stereocenters. The van der Waals surface area contributed by atoms with Crippen LogP contribution in [0.3, 0.4) is 0 Å². The van der Waals surface area contributed by atoms with E-state index < -0.39 is 12.0 Å². The number of methoxy groups -OCH3 is 1. The summed E-state index contributed by atoms with van der Waals surface area (Å²) in [5, 5.41) is 16.8. The molecule has 7 nitrogen and oxygen atoms in total. The van der Waals surface area contributed by atoms with Gasteiger partial charge in [0.05, 0.1) is 12.8 Å². The van der Waals surface area contributed by atoms with Crippen molar-refractivity contribution in [1.82, 2.24) is 10.3 Å². The molecule has 1 aromatic heterocycles. The van der Waals surface area contributed by atoms with E-state index in [2.05, 4.69) is 53.7 Å². The number of nitrogens with one attached hydrogen (secondary N) is 2. The van der Waals surface area contributed by atoms with E-state index >= 15 is 0 Å². The molecule has 0 aliphatic carbocycles. The Morgan fingerprint density at radius 2 is 1.68 bits per heavy atom. The van der Waals surface area contributed by atoms with Crippen molar-refractivity contribution >= 4 is 28.6 Å². The van der Waals surface area contributed by atoms with Crippen LogP contribution in [0.1, 0.15) is 54.7 Å². The number of phenols is 1. The molecule has 0 bridgehead atoms. The summed E-state index contributed by atoms with van der Waals surface area (Å²) in [6.07, 6.45) is 3.35. The summed E-state index contributed by atoms with van der Waals surface area (Å²) in [6, 6.07) is 11.4. The first-order valence-corrected chi connectivity index (χ1v) is 11.5. The third kappa shape index (κ3) is 6.25.